The fourth-order valence-electron chi connectivity index (χ4n) is 7.45. The zero-order valence-electron chi connectivity index (χ0n) is 30.1. The molecule has 2 nitrogen and oxygen atoms in total. The number of fused-ring (bicyclic) bond motifs is 2. The van der Waals surface area contributed by atoms with Gasteiger partial charge in [-0.25, -0.2) is 0 Å². The Bertz CT molecular complexity index is 2420. The van der Waals surface area contributed by atoms with Crippen molar-refractivity contribution in [3.8, 4) is 11.1 Å². The Hall–Kier alpha value is -6.38. The zero-order valence-corrected chi connectivity index (χ0v) is 30.1. The molecule has 0 spiro atoms. The van der Waals surface area contributed by atoms with Crippen LogP contribution in [0.4, 0.5) is 34.1 Å². The average molecular weight is 685 g/mol. The van der Waals surface area contributed by atoms with Crippen LogP contribution in [-0.4, -0.2) is 0 Å². The molecule has 0 atom stereocenters. The maximum Gasteiger partial charge on any atom is 0.0540 e. The van der Waals surface area contributed by atoms with Crippen molar-refractivity contribution in [1.29, 1.82) is 0 Å². The number of para-hydroxylation sites is 1. The van der Waals surface area contributed by atoms with Gasteiger partial charge in [0.25, 0.3) is 0 Å². The van der Waals surface area contributed by atoms with E-state index in [4.69, 9.17) is 0 Å². The van der Waals surface area contributed by atoms with E-state index < -0.39 is 0 Å². The minimum atomic E-state index is 1.10. The summed E-state index contributed by atoms with van der Waals surface area (Å²) in [6.45, 7) is 3.86. The lowest BCUT2D eigenvalue weighted by Gasteiger charge is -2.27. The molecular formula is C51H44N2. The summed E-state index contributed by atoms with van der Waals surface area (Å²) in [5.41, 5.74) is 10.6. The van der Waals surface area contributed by atoms with Gasteiger partial charge in [0.05, 0.1) is 11.4 Å². The highest BCUT2D eigenvalue weighted by molar-refractivity contribution is 6.00. The van der Waals surface area contributed by atoms with Gasteiger partial charge in [-0.15, -0.1) is 6.58 Å². The Kier molecular flexibility index (Phi) is 10.1. The average Bonchev–Trinajstić information content (AvgIpc) is 3.23. The summed E-state index contributed by atoms with van der Waals surface area (Å²) in [5.74, 6) is 0. The van der Waals surface area contributed by atoms with E-state index in [9.17, 15) is 0 Å². The largest absolute Gasteiger partial charge is 0.310 e. The summed E-state index contributed by atoms with van der Waals surface area (Å²) in [6, 6.07) is 68.1. The van der Waals surface area contributed by atoms with Crippen LogP contribution in [0, 0.1) is 0 Å². The van der Waals surface area contributed by atoms with Crippen LogP contribution in [0.1, 0.15) is 31.2 Å². The molecule has 0 aromatic heterocycles. The van der Waals surface area contributed by atoms with Gasteiger partial charge in [-0.2, -0.15) is 0 Å². The highest BCUT2D eigenvalue weighted by atomic mass is 15.1. The molecule has 0 saturated carbocycles. The molecule has 2 heteroatoms. The minimum Gasteiger partial charge on any atom is -0.310 e. The molecule has 258 valence electrons. The third-order valence-corrected chi connectivity index (χ3v) is 10.2. The van der Waals surface area contributed by atoms with Crippen molar-refractivity contribution >= 4 is 55.7 Å². The second-order valence-electron chi connectivity index (χ2n) is 13.7. The second kappa shape index (κ2) is 15.9. The van der Waals surface area contributed by atoms with Crippen LogP contribution in [0.15, 0.2) is 201 Å². The van der Waals surface area contributed by atoms with E-state index in [1.54, 1.807) is 0 Å². The van der Waals surface area contributed by atoms with Gasteiger partial charge in [-0.1, -0.05) is 140 Å². The molecule has 0 fully saturated rings. The van der Waals surface area contributed by atoms with Crippen LogP contribution in [0.3, 0.4) is 0 Å². The number of hydrogen-bond acceptors (Lipinski definition) is 2. The lowest BCUT2D eigenvalue weighted by atomic mass is 10.0. The van der Waals surface area contributed by atoms with Gasteiger partial charge < -0.3 is 9.80 Å². The predicted octanol–water partition coefficient (Wildman–Crippen LogP) is 14.9. The molecule has 0 saturated heterocycles. The zero-order chi connectivity index (χ0) is 35.8. The lowest BCUT2D eigenvalue weighted by Crippen LogP contribution is -2.10. The number of anilines is 6. The van der Waals surface area contributed by atoms with Gasteiger partial charge in [-0.05, 0) is 114 Å². The Morgan fingerprint density at radius 1 is 0.377 bits per heavy atom. The van der Waals surface area contributed by atoms with Crippen LogP contribution < -0.4 is 9.80 Å². The van der Waals surface area contributed by atoms with E-state index >= 15 is 0 Å². The highest BCUT2D eigenvalue weighted by Gasteiger charge is 2.17. The van der Waals surface area contributed by atoms with Gasteiger partial charge in [0.15, 0.2) is 0 Å². The highest BCUT2D eigenvalue weighted by Crippen LogP contribution is 2.41. The molecule has 0 bridgehead atoms. The standard InChI is InChI=1S/C51H44N2/c1-2-3-4-5-7-16-39-27-33-45(34-28-39)53(51-26-15-20-43-18-11-13-24-49(43)51)47-37-31-41(32-38-47)40-29-35-46(36-30-40)52(44-21-8-6-9-22-44)50-25-14-19-42-17-10-12-23-48(42)50/h2,6,8-15,17-38H,1,3-5,7,16H2. The number of benzene rings is 8. The Morgan fingerprint density at radius 2 is 0.811 bits per heavy atom. The second-order valence-corrected chi connectivity index (χ2v) is 13.7. The first-order valence-corrected chi connectivity index (χ1v) is 18.8. The van der Waals surface area contributed by atoms with E-state index in [0.29, 0.717) is 0 Å². The van der Waals surface area contributed by atoms with Crippen LogP contribution in [0.2, 0.25) is 0 Å². The summed E-state index contributed by atoms with van der Waals surface area (Å²) in [6.07, 6.45) is 7.88. The van der Waals surface area contributed by atoms with Crippen molar-refractivity contribution in [2.75, 3.05) is 9.80 Å². The van der Waals surface area contributed by atoms with Gasteiger partial charge >= 0.3 is 0 Å². The van der Waals surface area contributed by atoms with Crippen molar-refractivity contribution in [2.45, 2.75) is 32.1 Å². The summed E-state index contributed by atoms with van der Waals surface area (Å²) in [7, 11) is 0. The van der Waals surface area contributed by atoms with Gasteiger partial charge in [-0.3, -0.25) is 0 Å². The SMILES string of the molecule is C=CCCCCCc1ccc(N(c2ccc(-c3ccc(N(c4ccccc4)c4cccc5ccccc45)cc3)cc2)c2cccc3ccccc23)cc1. The Morgan fingerprint density at radius 3 is 1.32 bits per heavy atom. The number of nitrogens with zero attached hydrogens (tertiary/aromatic N) is 2. The van der Waals surface area contributed by atoms with Crippen molar-refractivity contribution < 1.29 is 0 Å². The number of aryl methyl sites for hydroxylation is 1. The molecule has 8 aromatic rings. The first-order valence-electron chi connectivity index (χ1n) is 18.8. The summed E-state index contributed by atoms with van der Waals surface area (Å²) >= 11 is 0. The molecule has 53 heavy (non-hydrogen) atoms. The summed E-state index contributed by atoms with van der Waals surface area (Å²) in [5, 5.41) is 4.92. The van der Waals surface area contributed by atoms with E-state index in [1.165, 1.54) is 63.2 Å². The molecule has 0 N–H and O–H groups in total. The number of hydrogen-bond donors (Lipinski definition) is 0. The van der Waals surface area contributed by atoms with Gasteiger partial charge in [0.2, 0.25) is 0 Å². The van der Waals surface area contributed by atoms with Crippen LogP contribution in [0.5, 0.6) is 0 Å². The maximum atomic E-state index is 3.86. The van der Waals surface area contributed by atoms with Crippen molar-refractivity contribution in [1.82, 2.24) is 0 Å². The molecule has 0 aliphatic heterocycles. The normalized spacial score (nSPS) is 11.1. The fourth-order valence-corrected chi connectivity index (χ4v) is 7.45. The molecule has 8 aromatic carbocycles. The molecule has 0 heterocycles. The molecule has 0 aliphatic rings. The van der Waals surface area contributed by atoms with Crippen molar-refractivity contribution in [3.05, 3.63) is 206 Å². The first-order chi connectivity index (χ1) is 26.3. The summed E-state index contributed by atoms with van der Waals surface area (Å²) < 4.78 is 0. The lowest BCUT2D eigenvalue weighted by molar-refractivity contribution is 0.687. The number of unbranched alkanes of at least 4 members (excludes halogenated alkanes) is 3. The van der Waals surface area contributed by atoms with E-state index in [2.05, 4.69) is 204 Å². The van der Waals surface area contributed by atoms with Gasteiger partial charge in [0, 0.05) is 33.5 Å². The smallest absolute Gasteiger partial charge is 0.0540 e. The molecule has 0 radical (unpaired) electrons. The third kappa shape index (κ3) is 7.36. The molecule has 8 rings (SSSR count). The predicted molar refractivity (Wildman–Crippen MR) is 229 cm³/mol. The topological polar surface area (TPSA) is 6.48 Å². The molecule has 0 amide bonds. The fraction of sp³-hybridized carbons (Fsp3) is 0.0980. The van der Waals surface area contributed by atoms with E-state index in [1.807, 2.05) is 6.08 Å². The quantitative estimate of drug-likeness (QED) is 0.0881. The molecule has 0 aliphatic carbocycles. The van der Waals surface area contributed by atoms with Crippen LogP contribution in [-0.2, 0) is 6.42 Å². The minimum absolute atomic E-state index is 1.10. The number of rotatable bonds is 13. The maximum absolute atomic E-state index is 3.86. The molecular weight excluding hydrogens is 641 g/mol. The Labute approximate surface area is 313 Å². The number of allylic oxidation sites excluding steroid dienone is 1. The van der Waals surface area contributed by atoms with Crippen molar-refractivity contribution in [2.24, 2.45) is 0 Å². The summed E-state index contributed by atoms with van der Waals surface area (Å²) in [4.78, 5) is 4.75. The monoisotopic (exact) mass is 684 g/mol. The van der Waals surface area contributed by atoms with Gasteiger partial charge in [0.1, 0.15) is 0 Å². The Balaban J connectivity index is 1.11. The first kappa shape index (κ1) is 33.7. The molecule has 0 unspecified atom stereocenters. The van der Waals surface area contributed by atoms with Crippen molar-refractivity contribution in [3.63, 3.8) is 0 Å². The van der Waals surface area contributed by atoms with E-state index in [-0.39, 0.29) is 0 Å². The third-order valence-electron chi connectivity index (χ3n) is 10.2. The van der Waals surface area contributed by atoms with Crippen LogP contribution in [0.25, 0.3) is 32.7 Å². The van der Waals surface area contributed by atoms with Crippen LogP contribution >= 0.6 is 0 Å². The van der Waals surface area contributed by atoms with E-state index in [0.717, 1.165) is 41.3 Å².